The molecule has 1 aromatic heterocycles. The summed E-state index contributed by atoms with van der Waals surface area (Å²) in [6.45, 7) is 1.80. The number of nitrogens with zero attached hydrogens (tertiary/aromatic N) is 3. The highest BCUT2D eigenvalue weighted by Gasteiger charge is 2.23. The van der Waals surface area contributed by atoms with E-state index in [2.05, 4.69) is 33.4 Å². The van der Waals surface area contributed by atoms with Gasteiger partial charge in [0, 0.05) is 42.3 Å². The average molecular weight is 367 g/mol. The van der Waals surface area contributed by atoms with E-state index in [4.69, 9.17) is 11.8 Å². The topological polar surface area (TPSA) is 50.2 Å². The van der Waals surface area contributed by atoms with Gasteiger partial charge in [0.1, 0.15) is 0 Å². The van der Waals surface area contributed by atoms with Gasteiger partial charge in [0.05, 0.1) is 12.2 Å². The lowest BCUT2D eigenvalue weighted by Crippen LogP contribution is -2.28. The van der Waals surface area contributed by atoms with Crippen LogP contribution in [-0.4, -0.2) is 33.2 Å². The molecule has 0 bridgehead atoms. The smallest absolute Gasteiger partial charge is 0.256 e. The van der Waals surface area contributed by atoms with Gasteiger partial charge in [-0.15, -0.1) is 0 Å². The monoisotopic (exact) mass is 366 g/mol. The number of piperidine rings is 1. The lowest BCUT2D eigenvalue weighted by Gasteiger charge is -2.27. The van der Waals surface area contributed by atoms with Crippen molar-refractivity contribution in [1.29, 1.82) is 0 Å². The Balaban J connectivity index is 1.44. The summed E-state index contributed by atoms with van der Waals surface area (Å²) < 4.78 is 3.94. The Kier molecular flexibility index (Phi) is 3.72. The van der Waals surface area contributed by atoms with E-state index < -0.39 is 0 Å². The van der Waals surface area contributed by atoms with Crippen LogP contribution in [0.4, 0.5) is 5.69 Å². The van der Waals surface area contributed by atoms with E-state index in [1.165, 1.54) is 11.1 Å². The van der Waals surface area contributed by atoms with Crippen molar-refractivity contribution in [2.24, 2.45) is 0 Å². The maximum Gasteiger partial charge on any atom is 0.256 e. The summed E-state index contributed by atoms with van der Waals surface area (Å²) >= 11 is 6.05. The van der Waals surface area contributed by atoms with Crippen molar-refractivity contribution in [1.82, 2.24) is 14.2 Å². The highest BCUT2D eigenvalue weighted by molar-refractivity contribution is 6.24. The number of nitrogens with one attached hydrogen (secondary N) is 1. The van der Waals surface area contributed by atoms with Gasteiger partial charge in [-0.3, -0.25) is 9.48 Å². The Morgan fingerprint density at radius 3 is 2.88 bits per heavy atom. The van der Waals surface area contributed by atoms with Crippen LogP contribution in [0, 0.1) is 0 Å². The first-order valence-corrected chi connectivity index (χ1v) is 9.32. The van der Waals surface area contributed by atoms with Crippen molar-refractivity contribution in [3.63, 3.8) is 0 Å². The van der Waals surface area contributed by atoms with E-state index in [1.807, 2.05) is 28.8 Å². The van der Waals surface area contributed by atoms with E-state index >= 15 is 0 Å². The molecule has 1 amide bonds. The highest BCUT2D eigenvalue weighted by Crippen LogP contribution is 2.35. The molecule has 6 heteroatoms. The van der Waals surface area contributed by atoms with Crippen molar-refractivity contribution in [3.8, 4) is 0 Å². The Morgan fingerprint density at radius 2 is 2.04 bits per heavy atom. The van der Waals surface area contributed by atoms with Gasteiger partial charge in [0.15, 0.2) is 0 Å². The van der Waals surface area contributed by atoms with Gasteiger partial charge >= 0.3 is 0 Å². The number of carbonyl (C=O) groups excluding carboxylic acids is 1. The summed E-state index contributed by atoms with van der Waals surface area (Å²) in [5, 5.41) is 9.71. The van der Waals surface area contributed by atoms with Crippen LogP contribution in [0.2, 0.25) is 0 Å². The summed E-state index contributed by atoms with van der Waals surface area (Å²) in [7, 11) is 0. The van der Waals surface area contributed by atoms with Crippen LogP contribution in [0.3, 0.4) is 0 Å². The fourth-order valence-electron chi connectivity index (χ4n) is 4.09. The van der Waals surface area contributed by atoms with Crippen LogP contribution in [0.15, 0.2) is 42.7 Å². The standard InChI is InChI=1S/C20H19ClN4O/c21-24-8-6-15(7-9-24)25-12-13(11-22-25)10-14-4-5-18-19-16(14)2-1-3-17(19)20(26)23-18/h1-5,11-12,15H,6-10H2,(H,23,26). The third kappa shape index (κ3) is 2.59. The number of rotatable bonds is 3. The number of anilines is 1. The summed E-state index contributed by atoms with van der Waals surface area (Å²) in [6.07, 6.45) is 6.97. The largest absolute Gasteiger partial charge is 0.321 e. The SMILES string of the molecule is O=C1Nc2ccc(Cc3cnn(C4CCN(Cl)CC4)c3)c3cccc1c23. The molecule has 5 rings (SSSR count). The first-order valence-electron chi connectivity index (χ1n) is 8.99. The summed E-state index contributed by atoms with van der Waals surface area (Å²) in [5.74, 6) is -0.0128. The minimum Gasteiger partial charge on any atom is -0.321 e. The summed E-state index contributed by atoms with van der Waals surface area (Å²) in [4.78, 5) is 12.1. The molecule has 0 unspecified atom stereocenters. The molecular formula is C20H19ClN4O. The maximum absolute atomic E-state index is 12.1. The lowest BCUT2D eigenvalue weighted by atomic mass is 9.97. The van der Waals surface area contributed by atoms with Gasteiger partial charge < -0.3 is 5.32 Å². The molecule has 2 aliphatic rings. The molecule has 0 saturated carbocycles. The highest BCUT2D eigenvalue weighted by atomic mass is 35.5. The van der Waals surface area contributed by atoms with Crippen molar-refractivity contribution in [2.75, 3.05) is 18.4 Å². The molecule has 1 fully saturated rings. The summed E-state index contributed by atoms with van der Waals surface area (Å²) in [6, 6.07) is 10.5. The normalized spacial score (nSPS) is 17.8. The minimum atomic E-state index is -0.0128. The zero-order valence-electron chi connectivity index (χ0n) is 14.3. The Morgan fingerprint density at radius 1 is 1.19 bits per heavy atom. The van der Waals surface area contributed by atoms with Crippen molar-refractivity contribution in [3.05, 3.63) is 59.4 Å². The van der Waals surface area contributed by atoms with E-state index in [0.717, 1.165) is 54.4 Å². The Hall–Kier alpha value is -2.37. The van der Waals surface area contributed by atoms with Gasteiger partial charge in [-0.1, -0.05) is 18.2 Å². The molecule has 0 spiro atoms. The Labute approximate surface area is 156 Å². The van der Waals surface area contributed by atoms with E-state index in [1.54, 1.807) is 0 Å². The molecule has 2 aromatic carbocycles. The zero-order chi connectivity index (χ0) is 17.7. The minimum absolute atomic E-state index is 0.0128. The maximum atomic E-state index is 12.1. The van der Waals surface area contributed by atoms with Crippen LogP contribution in [-0.2, 0) is 6.42 Å². The van der Waals surface area contributed by atoms with Crippen LogP contribution in [0.25, 0.3) is 10.8 Å². The zero-order valence-corrected chi connectivity index (χ0v) is 15.0. The second-order valence-electron chi connectivity index (χ2n) is 7.10. The van der Waals surface area contributed by atoms with Gasteiger partial charge in [-0.2, -0.15) is 5.10 Å². The van der Waals surface area contributed by atoms with Gasteiger partial charge in [-0.05, 0) is 53.3 Å². The fourth-order valence-corrected chi connectivity index (χ4v) is 4.29. The Bertz CT molecular complexity index is 1000. The second-order valence-corrected chi connectivity index (χ2v) is 7.58. The molecule has 132 valence electrons. The van der Waals surface area contributed by atoms with Crippen molar-refractivity contribution in [2.45, 2.75) is 25.3 Å². The number of carbonyl (C=O) groups is 1. The van der Waals surface area contributed by atoms with Crippen LogP contribution < -0.4 is 5.32 Å². The molecule has 5 nitrogen and oxygen atoms in total. The van der Waals surface area contributed by atoms with Crippen LogP contribution in [0.5, 0.6) is 0 Å². The van der Waals surface area contributed by atoms with Crippen LogP contribution in [0.1, 0.15) is 40.4 Å². The van der Waals surface area contributed by atoms with E-state index in [9.17, 15) is 4.79 Å². The first-order chi connectivity index (χ1) is 12.7. The number of aromatic nitrogens is 2. The number of benzene rings is 2. The van der Waals surface area contributed by atoms with E-state index in [0.29, 0.717) is 6.04 Å². The van der Waals surface area contributed by atoms with Crippen LogP contribution >= 0.6 is 11.8 Å². The molecule has 2 aliphatic heterocycles. The fraction of sp³-hybridized carbons (Fsp3) is 0.300. The van der Waals surface area contributed by atoms with Crippen molar-refractivity contribution < 1.29 is 4.79 Å². The second kappa shape index (κ2) is 6.11. The molecule has 0 aliphatic carbocycles. The van der Waals surface area contributed by atoms with Gasteiger partial charge in [0.2, 0.25) is 0 Å². The predicted molar refractivity (Wildman–Crippen MR) is 103 cm³/mol. The van der Waals surface area contributed by atoms with Crippen molar-refractivity contribution >= 4 is 34.1 Å². The van der Waals surface area contributed by atoms with E-state index in [-0.39, 0.29) is 5.91 Å². The average Bonchev–Trinajstić information content (AvgIpc) is 3.24. The molecular weight excluding hydrogens is 348 g/mol. The molecule has 0 atom stereocenters. The first kappa shape index (κ1) is 15.9. The lowest BCUT2D eigenvalue weighted by molar-refractivity contribution is 0.103. The number of hydrogen-bond donors (Lipinski definition) is 1. The third-order valence-electron chi connectivity index (χ3n) is 5.46. The molecule has 0 radical (unpaired) electrons. The number of amides is 1. The van der Waals surface area contributed by atoms with Gasteiger partial charge in [-0.25, -0.2) is 4.42 Å². The number of hydrogen-bond acceptors (Lipinski definition) is 3. The number of halogens is 1. The molecule has 1 N–H and O–H groups in total. The third-order valence-corrected chi connectivity index (χ3v) is 5.80. The van der Waals surface area contributed by atoms with Gasteiger partial charge in [0.25, 0.3) is 5.91 Å². The quantitative estimate of drug-likeness (QED) is 0.713. The predicted octanol–water partition coefficient (Wildman–Crippen LogP) is 3.98. The molecule has 1 saturated heterocycles. The molecule has 26 heavy (non-hydrogen) atoms. The molecule has 3 aromatic rings. The molecule has 3 heterocycles. The summed E-state index contributed by atoms with van der Waals surface area (Å²) in [5.41, 5.74) is 4.09.